The summed E-state index contributed by atoms with van der Waals surface area (Å²) in [5, 5.41) is 12.1. The Morgan fingerprint density at radius 3 is 2.42 bits per heavy atom. The maximum Gasteiger partial charge on any atom is 0.455 e. The van der Waals surface area contributed by atoms with Gasteiger partial charge in [-0.3, -0.25) is 4.79 Å². The quantitative estimate of drug-likeness (QED) is 0.919. The van der Waals surface area contributed by atoms with Gasteiger partial charge in [-0.25, -0.2) is 0 Å². The van der Waals surface area contributed by atoms with Gasteiger partial charge in [-0.05, 0) is 12.8 Å². The van der Waals surface area contributed by atoms with Crippen molar-refractivity contribution in [3.05, 3.63) is 11.7 Å². The molecule has 1 aromatic heterocycles. The molecule has 0 aromatic carbocycles. The molecule has 0 saturated heterocycles. The van der Waals surface area contributed by atoms with Crippen molar-refractivity contribution >= 4 is 5.97 Å². The smallest absolute Gasteiger partial charge is 0.455 e. The number of halogens is 3. The summed E-state index contributed by atoms with van der Waals surface area (Å²) in [4.78, 5) is 14.6. The number of nitrogens with zero attached hydrogens (tertiary/aromatic N) is 2. The van der Waals surface area contributed by atoms with Crippen LogP contribution in [0.15, 0.2) is 4.52 Å². The Morgan fingerprint density at radius 2 is 1.95 bits per heavy atom. The van der Waals surface area contributed by atoms with Crippen LogP contribution in [0.2, 0.25) is 0 Å². The predicted octanol–water partition coefficient (Wildman–Crippen LogP) is 2.67. The second-order valence-electron chi connectivity index (χ2n) is 4.83. The van der Waals surface area contributed by atoms with Gasteiger partial charge in [0.25, 0.3) is 5.82 Å². The topological polar surface area (TPSA) is 76.2 Å². The summed E-state index contributed by atoms with van der Waals surface area (Å²) in [5.41, 5.74) is -1.08. The third-order valence-electron chi connectivity index (χ3n) is 3.48. The molecule has 0 atom stereocenters. The summed E-state index contributed by atoms with van der Waals surface area (Å²) in [7, 11) is 0. The number of aliphatic carboxylic acids is 1. The molecule has 1 heterocycles. The SMILES string of the molecule is O=C(O)C1(Cc2nc(C(F)(F)F)no2)CCCCC1. The Bertz CT molecular complexity index is 464. The van der Waals surface area contributed by atoms with E-state index >= 15 is 0 Å². The standard InChI is InChI=1S/C11H13F3N2O3/c12-11(13,14)8-15-7(19-16-8)6-10(9(17)18)4-2-1-3-5-10/h1-6H2,(H,17,18). The van der Waals surface area contributed by atoms with Crippen LogP contribution in [0.5, 0.6) is 0 Å². The zero-order valence-corrected chi connectivity index (χ0v) is 10.0. The molecule has 0 aliphatic heterocycles. The van der Waals surface area contributed by atoms with E-state index in [4.69, 9.17) is 0 Å². The zero-order chi connectivity index (χ0) is 14.1. The molecule has 1 aliphatic carbocycles. The molecule has 19 heavy (non-hydrogen) atoms. The molecule has 106 valence electrons. The Kier molecular flexibility index (Phi) is 3.51. The van der Waals surface area contributed by atoms with Gasteiger partial charge in [0.15, 0.2) is 0 Å². The Morgan fingerprint density at radius 1 is 1.32 bits per heavy atom. The second kappa shape index (κ2) is 4.82. The third-order valence-corrected chi connectivity index (χ3v) is 3.48. The lowest BCUT2D eigenvalue weighted by molar-refractivity contribution is -0.151. The number of carbonyl (C=O) groups is 1. The highest BCUT2D eigenvalue weighted by Gasteiger charge is 2.43. The van der Waals surface area contributed by atoms with Crippen LogP contribution in [-0.2, 0) is 17.4 Å². The summed E-state index contributed by atoms with van der Waals surface area (Å²) in [6, 6.07) is 0. The van der Waals surface area contributed by atoms with Gasteiger partial charge in [0.05, 0.1) is 5.41 Å². The molecule has 1 fully saturated rings. The largest absolute Gasteiger partial charge is 0.481 e. The molecule has 8 heteroatoms. The van der Waals surface area contributed by atoms with E-state index < -0.39 is 23.4 Å². The summed E-state index contributed by atoms with van der Waals surface area (Å²) < 4.78 is 41.5. The lowest BCUT2D eigenvalue weighted by Gasteiger charge is -2.31. The lowest BCUT2D eigenvalue weighted by Crippen LogP contribution is -2.35. The van der Waals surface area contributed by atoms with Gasteiger partial charge in [-0.15, -0.1) is 0 Å². The molecule has 0 amide bonds. The summed E-state index contributed by atoms with van der Waals surface area (Å²) in [6.45, 7) is 0. The van der Waals surface area contributed by atoms with Crippen molar-refractivity contribution in [3.8, 4) is 0 Å². The minimum atomic E-state index is -4.68. The van der Waals surface area contributed by atoms with Crippen molar-refractivity contribution in [2.45, 2.75) is 44.7 Å². The van der Waals surface area contributed by atoms with Gasteiger partial charge in [0.2, 0.25) is 5.89 Å². The van der Waals surface area contributed by atoms with Gasteiger partial charge in [-0.2, -0.15) is 18.2 Å². The van der Waals surface area contributed by atoms with Crippen LogP contribution in [0.4, 0.5) is 13.2 Å². The maximum atomic E-state index is 12.3. The summed E-state index contributed by atoms with van der Waals surface area (Å²) in [6.07, 6.45) is -1.56. The zero-order valence-electron chi connectivity index (χ0n) is 10.0. The number of aromatic nitrogens is 2. The Hall–Kier alpha value is -1.60. The monoisotopic (exact) mass is 278 g/mol. The number of hydrogen-bond acceptors (Lipinski definition) is 4. The van der Waals surface area contributed by atoms with E-state index in [2.05, 4.69) is 14.7 Å². The average Bonchev–Trinajstić information content (AvgIpc) is 2.78. The normalized spacial score (nSPS) is 19.3. The fraction of sp³-hybridized carbons (Fsp3) is 0.727. The molecular formula is C11H13F3N2O3. The van der Waals surface area contributed by atoms with Crippen molar-refractivity contribution in [2.75, 3.05) is 0 Å². The molecular weight excluding hydrogens is 265 g/mol. The van der Waals surface area contributed by atoms with Gasteiger partial charge >= 0.3 is 12.1 Å². The first-order chi connectivity index (χ1) is 8.83. The highest BCUT2D eigenvalue weighted by Crippen LogP contribution is 2.39. The Balaban J connectivity index is 2.18. The number of carboxylic acids is 1. The minimum absolute atomic E-state index is 0.147. The highest BCUT2D eigenvalue weighted by atomic mass is 19.4. The van der Waals surface area contributed by atoms with Crippen molar-refractivity contribution in [1.29, 1.82) is 0 Å². The maximum absolute atomic E-state index is 12.3. The third kappa shape index (κ3) is 2.87. The fourth-order valence-electron chi connectivity index (χ4n) is 2.43. The first kappa shape index (κ1) is 13.8. The number of hydrogen-bond donors (Lipinski definition) is 1. The number of alkyl halides is 3. The molecule has 1 aromatic rings. The van der Waals surface area contributed by atoms with E-state index in [0.29, 0.717) is 12.8 Å². The molecule has 2 rings (SSSR count). The van der Waals surface area contributed by atoms with Crippen molar-refractivity contribution in [2.24, 2.45) is 5.41 Å². The van der Waals surface area contributed by atoms with Crippen molar-refractivity contribution in [3.63, 3.8) is 0 Å². The van der Waals surface area contributed by atoms with Crippen LogP contribution in [0.1, 0.15) is 43.8 Å². The molecule has 0 radical (unpaired) electrons. The summed E-state index contributed by atoms with van der Waals surface area (Å²) >= 11 is 0. The predicted molar refractivity (Wildman–Crippen MR) is 56.2 cm³/mol. The first-order valence-electron chi connectivity index (χ1n) is 5.97. The molecule has 1 aliphatic rings. The van der Waals surface area contributed by atoms with Crippen LogP contribution < -0.4 is 0 Å². The van der Waals surface area contributed by atoms with E-state index in [9.17, 15) is 23.1 Å². The van der Waals surface area contributed by atoms with Gasteiger partial charge in [-0.1, -0.05) is 24.4 Å². The molecule has 1 N–H and O–H groups in total. The minimum Gasteiger partial charge on any atom is -0.481 e. The van der Waals surface area contributed by atoms with Gasteiger partial charge < -0.3 is 9.63 Å². The van der Waals surface area contributed by atoms with E-state index in [1.165, 1.54) is 0 Å². The number of carboxylic acid groups (broad SMARTS) is 1. The van der Waals surface area contributed by atoms with E-state index in [1.54, 1.807) is 0 Å². The van der Waals surface area contributed by atoms with Crippen LogP contribution in [0.3, 0.4) is 0 Å². The average molecular weight is 278 g/mol. The van der Waals surface area contributed by atoms with Crippen LogP contribution >= 0.6 is 0 Å². The van der Waals surface area contributed by atoms with E-state index in [-0.39, 0.29) is 12.3 Å². The van der Waals surface area contributed by atoms with Crippen LogP contribution in [-0.4, -0.2) is 21.2 Å². The van der Waals surface area contributed by atoms with E-state index in [0.717, 1.165) is 19.3 Å². The van der Waals surface area contributed by atoms with Crippen molar-refractivity contribution < 1.29 is 27.6 Å². The first-order valence-corrected chi connectivity index (χ1v) is 5.97. The van der Waals surface area contributed by atoms with Gasteiger partial charge in [0, 0.05) is 6.42 Å². The fourth-order valence-corrected chi connectivity index (χ4v) is 2.43. The Labute approximate surface area is 106 Å². The van der Waals surface area contributed by atoms with Gasteiger partial charge in [0.1, 0.15) is 0 Å². The van der Waals surface area contributed by atoms with E-state index in [1.807, 2.05) is 0 Å². The summed E-state index contributed by atoms with van der Waals surface area (Å²) in [5.74, 6) is -2.64. The molecule has 1 saturated carbocycles. The van der Waals surface area contributed by atoms with Crippen LogP contribution in [0.25, 0.3) is 0 Å². The molecule has 0 spiro atoms. The molecule has 5 nitrogen and oxygen atoms in total. The van der Waals surface area contributed by atoms with Crippen molar-refractivity contribution in [1.82, 2.24) is 10.1 Å². The second-order valence-corrected chi connectivity index (χ2v) is 4.83. The number of rotatable bonds is 3. The molecule has 0 unspecified atom stereocenters. The van der Waals surface area contributed by atoms with Crippen LogP contribution in [0, 0.1) is 5.41 Å². The highest BCUT2D eigenvalue weighted by molar-refractivity contribution is 5.75. The lowest BCUT2D eigenvalue weighted by atomic mass is 9.72. The molecule has 0 bridgehead atoms.